The predicted octanol–water partition coefficient (Wildman–Crippen LogP) is 4.67. The van der Waals surface area contributed by atoms with Gasteiger partial charge in [-0.05, 0) is 36.0 Å². The van der Waals surface area contributed by atoms with E-state index >= 15 is 0 Å². The lowest BCUT2D eigenvalue weighted by molar-refractivity contribution is 0.415. The Bertz CT molecular complexity index is 1300. The van der Waals surface area contributed by atoms with Crippen molar-refractivity contribution < 1.29 is 4.74 Å². The van der Waals surface area contributed by atoms with Crippen LogP contribution in [0.15, 0.2) is 48.5 Å². The second-order valence-corrected chi connectivity index (χ2v) is 7.44. The van der Waals surface area contributed by atoms with Crippen molar-refractivity contribution in [3.63, 3.8) is 0 Å². The molecular formula is C18H13N5OS2. The number of ether oxygens (including phenoxy) is 1. The minimum Gasteiger partial charge on any atom is -0.497 e. The minimum atomic E-state index is 0.662. The molecule has 0 spiro atoms. The maximum atomic E-state index is 5.42. The monoisotopic (exact) mass is 379 g/mol. The van der Waals surface area contributed by atoms with Gasteiger partial charge in [-0.15, -0.1) is 10.2 Å². The Hall–Kier alpha value is -2.97. The van der Waals surface area contributed by atoms with Crippen LogP contribution in [-0.2, 0) is 0 Å². The van der Waals surface area contributed by atoms with Crippen LogP contribution < -0.4 is 4.74 Å². The van der Waals surface area contributed by atoms with E-state index in [2.05, 4.69) is 32.4 Å². The van der Waals surface area contributed by atoms with Crippen molar-refractivity contribution >= 4 is 39.4 Å². The van der Waals surface area contributed by atoms with Crippen molar-refractivity contribution in [2.75, 3.05) is 7.11 Å². The zero-order valence-electron chi connectivity index (χ0n) is 13.7. The number of aromatic amines is 2. The largest absolute Gasteiger partial charge is 0.497 e. The van der Waals surface area contributed by atoms with E-state index in [1.54, 1.807) is 7.11 Å². The van der Waals surface area contributed by atoms with E-state index in [-0.39, 0.29) is 0 Å². The molecule has 0 amide bonds. The van der Waals surface area contributed by atoms with Gasteiger partial charge in [0, 0.05) is 16.5 Å². The van der Waals surface area contributed by atoms with E-state index in [4.69, 9.17) is 17.0 Å². The lowest BCUT2D eigenvalue weighted by Gasteiger charge is -2.04. The van der Waals surface area contributed by atoms with E-state index in [0.717, 1.165) is 38.4 Å². The smallest absolute Gasteiger partial charge is 0.234 e. The lowest BCUT2D eigenvalue weighted by atomic mass is 10.0. The molecule has 0 bridgehead atoms. The zero-order chi connectivity index (χ0) is 17.7. The summed E-state index contributed by atoms with van der Waals surface area (Å²) < 4.78 is 7.90. The predicted molar refractivity (Wildman–Crippen MR) is 105 cm³/mol. The summed E-state index contributed by atoms with van der Waals surface area (Å²) in [5.74, 6) is 1.50. The van der Waals surface area contributed by atoms with E-state index in [0.29, 0.717) is 9.78 Å². The normalized spacial score (nSPS) is 11.4. The van der Waals surface area contributed by atoms with Crippen LogP contribution in [0.5, 0.6) is 5.75 Å². The number of hydrogen-bond donors (Lipinski definition) is 2. The van der Waals surface area contributed by atoms with Crippen molar-refractivity contribution in [3.05, 3.63) is 52.5 Å². The fraction of sp³-hybridized carbons (Fsp3) is 0.0556. The second-order valence-electron chi connectivity index (χ2n) is 5.80. The fourth-order valence-electron chi connectivity index (χ4n) is 3.17. The van der Waals surface area contributed by atoms with Gasteiger partial charge in [-0.3, -0.25) is 5.10 Å². The van der Waals surface area contributed by atoms with Crippen LogP contribution >= 0.6 is 23.6 Å². The maximum absolute atomic E-state index is 5.42. The summed E-state index contributed by atoms with van der Waals surface area (Å²) in [6.07, 6.45) is 0. The molecule has 6 nitrogen and oxygen atoms in total. The van der Waals surface area contributed by atoms with Gasteiger partial charge >= 0.3 is 0 Å². The summed E-state index contributed by atoms with van der Waals surface area (Å²) in [7, 11) is 1.67. The highest BCUT2D eigenvalue weighted by Gasteiger charge is 2.20. The standard InChI is InChI=1S/C18H13N5OS2/c1-24-11-7-8-13-12(9-11)14(10-5-3-2-4-6-10)15(19-13)16-20-21-17-23(16)22-18(25)26-17/h2-9,19H,1H3,(H,22,25). The average molecular weight is 379 g/mol. The third-order valence-corrected chi connectivity index (χ3v) is 5.38. The fourth-order valence-corrected chi connectivity index (χ4v) is 4.09. The van der Waals surface area contributed by atoms with Gasteiger partial charge in [0.05, 0.1) is 12.8 Å². The van der Waals surface area contributed by atoms with Crippen LogP contribution in [0, 0.1) is 3.95 Å². The summed E-state index contributed by atoms with van der Waals surface area (Å²) in [5, 5.41) is 12.8. The Morgan fingerprint density at radius 2 is 1.96 bits per heavy atom. The van der Waals surface area contributed by atoms with Gasteiger partial charge in [0.25, 0.3) is 0 Å². The molecule has 3 heterocycles. The first-order chi connectivity index (χ1) is 12.7. The second kappa shape index (κ2) is 5.79. The van der Waals surface area contributed by atoms with Crippen LogP contribution in [0.2, 0.25) is 0 Å². The Morgan fingerprint density at radius 1 is 1.12 bits per heavy atom. The summed E-state index contributed by atoms with van der Waals surface area (Å²) in [6, 6.07) is 16.2. The number of H-pyrrole nitrogens is 2. The molecule has 128 valence electrons. The van der Waals surface area contributed by atoms with Crippen molar-refractivity contribution in [1.82, 2.24) is 24.8 Å². The summed E-state index contributed by atoms with van der Waals surface area (Å²) >= 11 is 6.64. The third kappa shape index (κ3) is 2.27. The molecule has 0 aliphatic rings. The van der Waals surface area contributed by atoms with Crippen LogP contribution in [0.25, 0.3) is 38.5 Å². The van der Waals surface area contributed by atoms with Gasteiger partial charge in [-0.2, -0.15) is 0 Å². The number of benzene rings is 2. The van der Waals surface area contributed by atoms with Gasteiger partial charge in [-0.25, -0.2) is 4.52 Å². The first-order valence-corrected chi connectivity index (χ1v) is 9.17. The van der Waals surface area contributed by atoms with E-state index in [1.165, 1.54) is 11.3 Å². The van der Waals surface area contributed by atoms with Crippen molar-refractivity contribution in [2.45, 2.75) is 0 Å². The molecule has 0 saturated heterocycles. The first-order valence-electron chi connectivity index (χ1n) is 7.94. The van der Waals surface area contributed by atoms with Crippen LogP contribution in [0.4, 0.5) is 0 Å². The number of aromatic nitrogens is 5. The van der Waals surface area contributed by atoms with Crippen LogP contribution in [0.3, 0.4) is 0 Å². The molecule has 3 aromatic heterocycles. The minimum absolute atomic E-state index is 0.662. The number of methoxy groups -OCH3 is 1. The Balaban J connectivity index is 1.88. The quantitative estimate of drug-likeness (QED) is 0.447. The summed E-state index contributed by atoms with van der Waals surface area (Å²) in [5.41, 5.74) is 4.04. The molecule has 2 aromatic carbocycles. The molecule has 0 aliphatic heterocycles. The molecule has 0 atom stereocenters. The number of rotatable bonds is 3. The van der Waals surface area contributed by atoms with Crippen molar-refractivity contribution in [3.8, 4) is 28.4 Å². The van der Waals surface area contributed by atoms with Crippen molar-refractivity contribution in [2.24, 2.45) is 0 Å². The zero-order valence-corrected chi connectivity index (χ0v) is 15.3. The molecule has 5 aromatic rings. The summed E-state index contributed by atoms with van der Waals surface area (Å²) in [4.78, 5) is 4.23. The van der Waals surface area contributed by atoms with Gasteiger partial charge in [-0.1, -0.05) is 41.7 Å². The van der Waals surface area contributed by atoms with Crippen LogP contribution in [0.1, 0.15) is 0 Å². The van der Waals surface area contributed by atoms with Gasteiger partial charge in [0.1, 0.15) is 5.75 Å². The first kappa shape index (κ1) is 15.3. The highest BCUT2D eigenvalue weighted by molar-refractivity contribution is 7.73. The Kier molecular flexibility index (Phi) is 3.41. The Morgan fingerprint density at radius 3 is 2.77 bits per heavy atom. The van der Waals surface area contributed by atoms with E-state index < -0.39 is 0 Å². The average Bonchev–Trinajstić information content (AvgIpc) is 3.33. The van der Waals surface area contributed by atoms with Crippen molar-refractivity contribution in [1.29, 1.82) is 0 Å². The molecule has 5 rings (SSSR count). The third-order valence-electron chi connectivity index (χ3n) is 4.31. The highest BCUT2D eigenvalue weighted by atomic mass is 32.1. The molecule has 0 aliphatic carbocycles. The van der Waals surface area contributed by atoms with Crippen LogP contribution in [-0.4, -0.2) is 31.9 Å². The maximum Gasteiger partial charge on any atom is 0.234 e. The summed E-state index contributed by atoms with van der Waals surface area (Å²) in [6.45, 7) is 0. The lowest BCUT2D eigenvalue weighted by Crippen LogP contribution is -1.92. The Labute approximate surface area is 157 Å². The number of nitrogens with one attached hydrogen (secondary N) is 2. The molecule has 8 heteroatoms. The number of hydrogen-bond acceptors (Lipinski definition) is 5. The highest BCUT2D eigenvalue weighted by Crippen LogP contribution is 2.39. The number of nitrogens with zero attached hydrogens (tertiary/aromatic N) is 3. The SMILES string of the molecule is COc1ccc2[nH]c(-c3nnc4sc(=S)[nH]n34)c(-c3ccccc3)c2c1. The van der Waals surface area contributed by atoms with E-state index in [1.807, 2.05) is 40.9 Å². The molecule has 0 radical (unpaired) electrons. The van der Waals surface area contributed by atoms with Gasteiger partial charge in [0.2, 0.25) is 10.8 Å². The van der Waals surface area contributed by atoms with E-state index in [9.17, 15) is 0 Å². The molecule has 0 unspecified atom stereocenters. The molecular weight excluding hydrogens is 366 g/mol. The van der Waals surface area contributed by atoms with Gasteiger partial charge < -0.3 is 9.72 Å². The molecule has 0 saturated carbocycles. The van der Waals surface area contributed by atoms with Gasteiger partial charge in [0.15, 0.2) is 3.95 Å². The number of fused-ring (bicyclic) bond motifs is 2. The molecule has 0 fully saturated rings. The molecule has 2 N–H and O–H groups in total. The molecule has 26 heavy (non-hydrogen) atoms. The topological polar surface area (TPSA) is 71.0 Å².